The van der Waals surface area contributed by atoms with Crippen molar-refractivity contribution in [2.24, 2.45) is 0 Å². The van der Waals surface area contributed by atoms with E-state index in [1.807, 2.05) is 36.8 Å². The summed E-state index contributed by atoms with van der Waals surface area (Å²) < 4.78 is 30.3. The molecule has 2 N–H and O–H groups in total. The van der Waals surface area contributed by atoms with E-state index in [0.717, 1.165) is 11.4 Å². The minimum Gasteiger partial charge on any atom is -0.349 e. The average Bonchev–Trinajstić information content (AvgIpc) is 3.39. The van der Waals surface area contributed by atoms with Crippen molar-refractivity contribution in [2.45, 2.75) is 44.7 Å². The van der Waals surface area contributed by atoms with Crippen molar-refractivity contribution in [3.8, 4) is 0 Å². The lowest BCUT2D eigenvalue weighted by atomic mass is 10.1. The second-order valence-corrected chi connectivity index (χ2v) is 10.4. The number of nitrogens with zero attached hydrogens (tertiary/aromatic N) is 2. The van der Waals surface area contributed by atoms with E-state index in [-0.39, 0.29) is 16.8 Å². The summed E-state index contributed by atoms with van der Waals surface area (Å²) >= 11 is 1.62. The standard InChI is InChI=1S/C24H26N4O3S2/c1-4-28-17(3)26-22-14-19(27-33(30,31)20-8-6-5-7-9-20)13-21(23(22)28)24(29)25-16(2)12-18-10-11-32-15-18/h5-11,13-16,27H,4,12H2,1-3H3,(H,25,29). The average molecular weight is 483 g/mol. The van der Waals surface area contributed by atoms with Crippen molar-refractivity contribution in [1.29, 1.82) is 0 Å². The van der Waals surface area contributed by atoms with Gasteiger partial charge in [-0.1, -0.05) is 18.2 Å². The third-order valence-corrected chi connectivity index (χ3v) is 7.53. The number of sulfonamides is 1. The van der Waals surface area contributed by atoms with Gasteiger partial charge in [-0.15, -0.1) is 0 Å². The van der Waals surface area contributed by atoms with Gasteiger partial charge in [-0.05, 0) is 73.8 Å². The van der Waals surface area contributed by atoms with Gasteiger partial charge in [-0.25, -0.2) is 13.4 Å². The SMILES string of the molecule is CCn1c(C)nc2cc(NS(=O)(=O)c3ccccc3)cc(C(=O)NC(C)Cc3ccsc3)c21. The Morgan fingerprint density at radius 1 is 1.18 bits per heavy atom. The maximum Gasteiger partial charge on any atom is 0.261 e. The topological polar surface area (TPSA) is 93.1 Å². The molecule has 0 aliphatic carbocycles. The second kappa shape index (κ2) is 9.36. The van der Waals surface area contributed by atoms with Crippen LogP contribution in [0.2, 0.25) is 0 Å². The molecule has 1 unspecified atom stereocenters. The first-order valence-electron chi connectivity index (χ1n) is 10.7. The summed E-state index contributed by atoms with van der Waals surface area (Å²) in [5.41, 5.74) is 3.11. The van der Waals surface area contributed by atoms with Crippen LogP contribution in [-0.4, -0.2) is 29.9 Å². The summed E-state index contributed by atoms with van der Waals surface area (Å²) in [5, 5.41) is 7.13. The maximum absolute atomic E-state index is 13.3. The molecule has 0 radical (unpaired) electrons. The highest BCUT2D eigenvalue weighted by molar-refractivity contribution is 7.92. The number of thiophene rings is 1. The Bertz CT molecular complexity index is 1380. The van der Waals surface area contributed by atoms with E-state index in [1.165, 1.54) is 12.1 Å². The van der Waals surface area contributed by atoms with E-state index in [2.05, 4.69) is 20.4 Å². The van der Waals surface area contributed by atoms with Gasteiger partial charge in [0.15, 0.2) is 0 Å². The first-order valence-corrected chi connectivity index (χ1v) is 13.1. The molecular weight excluding hydrogens is 456 g/mol. The lowest BCUT2D eigenvalue weighted by molar-refractivity contribution is 0.0941. The molecule has 4 rings (SSSR count). The molecule has 9 heteroatoms. The zero-order valence-electron chi connectivity index (χ0n) is 18.7. The van der Waals surface area contributed by atoms with E-state index < -0.39 is 10.0 Å². The number of hydrogen-bond acceptors (Lipinski definition) is 5. The van der Waals surface area contributed by atoms with Crippen LogP contribution in [0.1, 0.15) is 35.6 Å². The smallest absolute Gasteiger partial charge is 0.261 e. The van der Waals surface area contributed by atoms with Crippen LogP contribution in [-0.2, 0) is 23.0 Å². The van der Waals surface area contributed by atoms with Crippen molar-refractivity contribution in [1.82, 2.24) is 14.9 Å². The number of carbonyl (C=O) groups is 1. The van der Waals surface area contributed by atoms with Crippen molar-refractivity contribution in [3.63, 3.8) is 0 Å². The predicted molar refractivity (Wildman–Crippen MR) is 132 cm³/mol. The minimum absolute atomic E-state index is 0.0917. The molecule has 0 saturated heterocycles. The number of anilines is 1. The normalized spacial score (nSPS) is 12.6. The Balaban J connectivity index is 1.71. The number of nitrogens with one attached hydrogen (secondary N) is 2. The third-order valence-electron chi connectivity index (χ3n) is 5.40. The summed E-state index contributed by atoms with van der Waals surface area (Å²) in [6.07, 6.45) is 0.713. The highest BCUT2D eigenvalue weighted by atomic mass is 32.2. The van der Waals surface area contributed by atoms with Gasteiger partial charge >= 0.3 is 0 Å². The molecule has 2 aromatic heterocycles. The van der Waals surface area contributed by atoms with Gasteiger partial charge in [0, 0.05) is 12.6 Å². The second-order valence-electron chi connectivity index (χ2n) is 7.92. The number of amides is 1. The number of rotatable bonds is 8. The Labute approximate surface area is 197 Å². The molecule has 2 heterocycles. The largest absolute Gasteiger partial charge is 0.349 e. The van der Waals surface area contributed by atoms with Crippen LogP contribution >= 0.6 is 11.3 Å². The van der Waals surface area contributed by atoms with Crippen LogP contribution in [0.25, 0.3) is 11.0 Å². The number of imidazole rings is 1. The van der Waals surface area contributed by atoms with Crippen LogP contribution in [0.5, 0.6) is 0 Å². The van der Waals surface area contributed by atoms with E-state index >= 15 is 0 Å². The zero-order valence-corrected chi connectivity index (χ0v) is 20.3. The van der Waals surface area contributed by atoms with Crippen LogP contribution in [0.4, 0.5) is 5.69 Å². The lowest BCUT2D eigenvalue weighted by Gasteiger charge is -2.16. The maximum atomic E-state index is 13.3. The Kier molecular flexibility index (Phi) is 6.53. The van der Waals surface area contributed by atoms with Crippen LogP contribution in [0.3, 0.4) is 0 Å². The fourth-order valence-electron chi connectivity index (χ4n) is 3.93. The lowest BCUT2D eigenvalue weighted by Crippen LogP contribution is -2.34. The van der Waals surface area contributed by atoms with Crippen molar-refractivity contribution >= 4 is 44.0 Å². The molecule has 0 bridgehead atoms. The summed E-state index contributed by atoms with van der Waals surface area (Å²) in [7, 11) is -3.81. The molecular formula is C24H26N4O3S2. The molecule has 4 aromatic rings. The molecule has 2 aromatic carbocycles. The number of fused-ring (bicyclic) bond motifs is 1. The number of aryl methyl sites for hydroxylation is 2. The van der Waals surface area contributed by atoms with Gasteiger partial charge in [-0.3, -0.25) is 9.52 Å². The Morgan fingerprint density at radius 3 is 2.61 bits per heavy atom. The molecule has 1 amide bonds. The highest BCUT2D eigenvalue weighted by Crippen LogP contribution is 2.27. The number of benzene rings is 2. The first-order chi connectivity index (χ1) is 15.8. The summed E-state index contributed by atoms with van der Waals surface area (Å²) in [6.45, 7) is 6.46. The minimum atomic E-state index is -3.81. The molecule has 1 atom stereocenters. The van der Waals surface area contributed by atoms with Gasteiger partial charge < -0.3 is 9.88 Å². The molecule has 0 saturated carbocycles. The van der Waals surface area contributed by atoms with Crippen LogP contribution in [0, 0.1) is 6.92 Å². The fraction of sp³-hybridized carbons (Fsp3) is 0.250. The van der Waals surface area contributed by atoms with Crippen LogP contribution < -0.4 is 10.0 Å². The monoisotopic (exact) mass is 482 g/mol. The molecule has 172 valence electrons. The molecule has 7 nitrogen and oxygen atoms in total. The summed E-state index contributed by atoms with van der Waals surface area (Å²) in [5.74, 6) is 0.494. The summed E-state index contributed by atoms with van der Waals surface area (Å²) in [6, 6.07) is 13.3. The Hall–Kier alpha value is -3.17. The molecule has 0 aliphatic rings. The van der Waals surface area contributed by atoms with Gasteiger partial charge in [-0.2, -0.15) is 11.3 Å². The number of carbonyl (C=O) groups excluding carboxylic acids is 1. The number of hydrogen-bond donors (Lipinski definition) is 2. The van der Waals surface area contributed by atoms with Gasteiger partial charge in [0.05, 0.1) is 27.2 Å². The first kappa shape index (κ1) is 23.0. The van der Waals surface area contributed by atoms with Gasteiger partial charge in [0.25, 0.3) is 15.9 Å². The molecule has 0 fully saturated rings. The van der Waals surface area contributed by atoms with E-state index in [0.29, 0.717) is 35.2 Å². The zero-order chi connectivity index (χ0) is 23.6. The Morgan fingerprint density at radius 2 is 1.94 bits per heavy atom. The van der Waals surface area contributed by atoms with Crippen molar-refractivity contribution in [3.05, 3.63) is 76.2 Å². The van der Waals surface area contributed by atoms with E-state index in [9.17, 15) is 13.2 Å². The van der Waals surface area contributed by atoms with E-state index in [1.54, 1.807) is 41.7 Å². The highest BCUT2D eigenvalue weighted by Gasteiger charge is 2.21. The van der Waals surface area contributed by atoms with Crippen molar-refractivity contribution in [2.75, 3.05) is 4.72 Å². The van der Waals surface area contributed by atoms with Gasteiger partial charge in [0.1, 0.15) is 5.82 Å². The molecule has 0 spiro atoms. The fourth-order valence-corrected chi connectivity index (χ4v) is 5.68. The molecule has 33 heavy (non-hydrogen) atoms. The van der Waals surface area contributed by atoms with Crippen molar-refractivity contribution < 1.29 is 13.2 Å². The van der Waals surface area contributed by atoms with E-state index in [4.69, 9.17) is 0 Å². The third kappa shape index (κ3) is 4.94. The predicted octanol–water partition coefficient (Wildman–Crippen LogP) is 4.59. The number of aromatic nitrogens is 2. The molecule has 0 aliphatic heterocycles. The summed E-state index contributed by atoms with van der Waals surface area (Å²) in [4.78, 5) is 18.1. The van der Waals surface area contributed by atoms with Gasteiger partial charge in [0.2, 0.25) is 0 Å². The quantitative estimate of drug-likeness (QED) is 0.384. The van der Waals surface area contributed by atoms with Crippen LogP contribution in [0.15, 0.2) is 64.2 Å².